The topological polar surface area (TPSA) is 53.4 Å². The summed E-state index contributed by atoms with van der Waals surface area (Å²) >= 11 is 0. The van der Waals surface area contributed by atoms with Crippen molar-refractivity contribution in [3.05, 3.63) is 90.3 Å². The second kappa shape index (κ2) is 8.85. The Morgan fingerprint density at radius 1 is 0.875 bits per heavy atom. The lowest BCUT2D eigenvalue weighted by molar-refractivity contribution is 0.102. The Hall–Kier alpha value is -3.64. The number of anilines is 2. The standard InChI is InChI=1S/C26H27N5O/c1-29-24-10-6-5-9-23(24)28-25(29)19-30-15-17-31(18-16-30)22-13-11-21(12-14-22)27-26(32)20-7-3-2-4-8-20/h2-14H,15-19H2,1H3,(H,27,32). The van der Waals surface area contributed by atoms with Gasteiger partial charge >= 0.3 is 0 Å². The van der Waals surface area contributed by atoms with Crippen LogP contribution in [0.5, 0.6) is 0 Å². The van der Waals surface area contributed by atoms with Crippen LogP contribution in [0, 0.1) is 0 Å². The predicted octanol–water partition coefficient (Wildman–Crippen LogP) is 4.15. The fraction of sp³-hybridized carbons (Fsp3) is 0.231. The molecule has 0 spiro atoms. The van der Waals surface area contributed by atoms with Gasteiger partial charge in [-0.2, -0.15) is 0 Å². The second-order valence-corrected chi connectivity index (χ2v) is 8.21. The SMILES string of the molecule is Cn1c(CN2CCN(c3ccc(NC(=O)c4ccccc4)cc3)CC2)nc2ccccc21. The molecule has 0 aliphatic carbocycles. The third-order valence-electron chi connectivity index (χ3n) is 6.14. The average Bonchev–Trinajstić information content (AvgIpc) is 3.16. The Bertz CT molecular complexity index is 1210. The summed E-state index contributed by atoms with van der Waals surface area (Å²) in [5, 5.41) is 2.96. The Morgan fingerprint density at radius 2 is 1.56 bits per heavy atom. The first-order valence-corrected chi connectivity index (χ1v) is 11.0. The molecule has 1 amide bonds. The van der Waals surface area contributed by atoms with Gasteiger partial charge in [-0.1, -0.05) is 30.3 Å². The molecule has 1 fully saturated rings. The lowest BCUT2D eigenvalue weighted by atomic mass is 10.2. The number of aromatic nitrogens is 2. The van der Waals surface area contributed by atoms with Gasteiger partial charge in [-0.25, -0.2) is 4.98 Å². The molecule has 0 unspecified atom stereocenters. The number of carbonyl (C=O) groups excluding carboxylic acids is 1. The minimum absolute atomic E-state index is 0.0890. The summed E-state index contributed by atoms with van der Waals surface area (Å²) in [6.07, 6.45) is 0. The maximum absolute atomic E-state index is 12.3. The number of carbonyl (C=O) groups is 1. The lowest BCUT2D eigenvalue weighted by Gasteiger charge is -2.36. The van der Waals surface area contributed by atoms with Gasteiger partial charge in [-0.3, -0.25) is 9.69 Å². The summed E-state index contributed by atoms with van der Waals surface area (Å²) < 4.78 is 2.20. The van der Waals surface area contributed by atoms with Crippen molar-refractivity contribution in [1.29, 1.82) is 0 Å². The molecular weight excluding hydrogens is 398 g/mol. The van der Waals surface area contributed by atoms with E-state index in [1.807, 2.05) is 48.5 Å². The molecule has 3 aromatic carbocycles. The normalized spacial score (nSPS) is 14.6. The molecule has 4 aromatic rings. The van der Waals surface area contributed by atoms with Crippen LogP contribution in [-0.2, 0) is 13.6 Å². The number of piperazine rings is 1. The number of para-hydroxylation sites is 2. The van der Waals surface area contributed by atoms with Gasteiger partial charge < -0.3 is 14.8 Å². The van der Waals surface area contributed by atoms with Crippen molar-refractivity contribution in [2.45, 2.75) is 6.54 Å². The van der Waals surface area contributed by atoms with Crippen molar-refractivity contribution in [1.82, 2.24) is 14.5 Å². The van der Waals surface area contributed by atoms with Gasteiger partial charge in [0.1, 0.15) is 5.82 Å². The van der Waals surface area contributed by atoms with Gasteiger partial charge in [0, 0.05) is 50.2 Å². The van der Waals surface area contributed by atoms with E-state index >= 15 is 0 Å². The second-order valence-electron chi connectivity index (χ2n) is 8.21. The summed E-state index contributed by atoms with van der Waals surface area (Å²) in [5.74, 6) is 1.02. The molecule has 0 bridgehead atoms. The fourth-order valence-corrected chi connectivity index (χ4v) is 4.25. The van der Waals surface area contributed by atoms with E-state index in [1.165, 1.54) is 11.2 Å². The van der Waals surface area contributed by atoms with Crippen LogP contribution in [0.15, 0.2) is 78.9 Å². The molecule has 1 saturated heterocycles. The van der Waals surface area contributed by atoms with Crippen molar-refractivity contribution in [3.63, 3.8) is 0 Å². The number of rotatable bonds is 5. The quantitative estimate of drug-likeness (QED) is 0.522. The molecule has 5 rings (SSSR count). The van der Waals surface area contributed by atoms with E-state index < -0.39 is 0 Å². The molecule has 1 aromatic heterocycles. The predicted molar refractivity (Wildman–Crippen MR) is 129 cm³/mol. The lowest BCUT2D eigenvalue weighted by Crippen LogP contribution is -2.46. The molecule has 1 N–H and O–H groups in total. The number of benzene rings is 3. The van der Waals surface area contributed by atoms with Gasteiger partial charge in [-0.05, 0) is 48.5 Å². The van der Waals surface area contributed by atoms with Crippen LogP contribution in [0.2, 0.25) is 0 Å². The number of imidazole rings is 1. The summed E-state index contributed by atoms with van der Waals surface area (Å²) in [7, 11) is 2.10. The van der Waals surface area contributed by atoms with Crippen LogP contribution < -0.4 is 10.2 Å². The molecule has 162 valence electrons. The largest absolute Gasteiger partial charge is 0.369 e. The van der Waals surface area contributed by atoms with Crippen molar-refractivity contribution in [2.24, 2.45) is 7.05 Å². The maximum atomic E-state index is 12.3. The van der Waals surface area contributed by atoms with Crippen molar-refractivity contribution in [3.8, 4) is 0 Å². The van der Waals surface area contributed by atoms with Crippen LogP contribution in [0.1, 0.15) is 16.2 Å². The van der Waals surface area contributed by atoms with Gasteiger partial charge in [0.05, 0.1) is 17.6 Å². The van der Waals surface area contributed by atoms with Crippen LogP contribution in [0.25, 0.3) is 11.0 Å². The first kappa shape index (κ1) is 20.3. The molecule has 1 aliphatic heterocycles. The number of nitrogens with zero attached hydrogens (tertiary/aromatic N) is 4. The van der Waals surface area contributed by atoms with E-state index in [9.17, 15) is 4.79 Å². The summed E-state index contributed by atoms with van der Waals surface area (Å²) in [6, 6.07) is 25.7. The van der Waals surface area contributed by atoms with Gasteiger partial charge in [-0.15, -0.1) is 0 Å². The van der Waals surface area contributed by atoms with E-state index in [2.05, 4.69) is 57.1 Å². The van der Waals surface area contributed by atoms with E-state index in [1.54, 1.807) is 0 Å². The smallest absolute Gasteiger partial charge is 0.255 e. The number of fused-ring (bicyclic) bond motifs is 1. The number of nitrogens with one attached hydrogen (secondary N) is 1. The van der Waals surface area contributed by atoms with Crippen LogP contribution >= 0.6 is 0 Å². The van der Waals surface area contributed by atoms with E-state index in [4.69, 9.17) is 4.98 Å². The number of hydrogen-bond acceptors (Lipinski definition) is 4. The number of hydrogen-bond donors (Lipinski definition) is 1. The van der Waals surface area contributed by atoms with Crippen LogP contribution in [0.4, 0.5) is 11.4 Å². The minimum Gasteiger partial charge on any atom is -0.369 e. The van der Waals surface area contributed by atoms with E-state index in [0.717, 1.165) is 49.8 Å². The highest BCUT2D eigenvalue weighted by atomic mass is 16.1. The molecule has 1 aliphatic rings. The van der Waals surface area contributed by atoms with Gasteiger partial charge in [0.25, 0.3) is 5.91 Å². The number of amides is 1. The highest BCUT2D eigenvalue weighted by Crippen LogP contribution is 2.21. The zero-order valence-corrected chi connectivity index (χ0v) is 18.2. The zero-order valence-electron chi connectivity index (χ0n) is 18.2. The Labute approximate surface area is 188 Å². The molecule has 6 heteroatoms. The molecule has 32 heavy (non-hydrogen) atoms. The highest BCUT2D eigenvalue weighted by Gasteiger charge is 2.19. The monoisotopic (exact) mass is 425 g/mol. The van der Waals surface area contributed by atoms with Gasteiger partial charge in [0.2, 0.25) is 0 Å². The summed E-state index contributed by atoms with van der Waals surface area (Å²) in [5.41, 5.74) is 4.89. The minimum atomic E-state index is -0.0890. The third-order valence-corrected chi connectivity index (χ3v) is 6.14. The van der Waals surface area contributed by atoms with Crippen LogP contribution in [-0.4, -0.2) is 46.5 Å². The van der Waals surface area contributed by atoms with Gasteiger partial charge in [0.15, 0.2) is 0 Å². The summed E-state index contributed by atoms with van der Waals surface area (Å²) in [6.45, 7) is 4.80. The van der Waals surface area contributed by atoms with Crippen LogP contribution in [0.3, 0.4) is 0 Å². The molecule has 0 saturated carbocycles. The molecule has 2 heterocycles. The van der Waals surface area contributed by atoms with Crippen molar-refractivity contribution >= 4 is 28.3 Å². The Balaban J connectivity index is 1.17. The zero-order chi connectivity index (χ0) is 21.9. The molecule has 0 atom stereocenters. The number of aryl methyl sites for hydroxylation is 1. The summed E-state index contributed by atoms with van der Waals surface area (Å²) in [4.78, 5) is 22.0. The van der Waals surface area contributed by atoms with E-state index in [0.29, 0.717) is 5.56 Å². The van der Waals surface area contributed by atoms with Crippen molar-refractivity contribution < 1.29 is 4.79 Å². The molecule has 6 nitrogen and oxygen atoms in total. The Kier molecular flexibility index (Phi) is 5.60. The maximum Gasteiger partial charge on any atom is 0.255 e. The Morgan fingerprint density at radius 3 is 2.28 bits per heavy atom. The molecule has 0 radical (unpaired) electrons. The first-order chi connectivity index (χ1) is 15.7. The highest BCUT2D eigenvalue weighted by molar-refractivity contribution is 6.04. The van der Waals surface area contributed by atoms with E-state index in [-0.39, 0.29) is 5.91 Å². The van der Waals surface area contributed by atoms with Crippen molar-refractivity contribution in [2.75, 3.05) is 36.4 Å². The third kappa shape index (κ3) is 4.22. The first-order valence-electron chi connectivity index (χ1n) is 11.0. The fourth-order valence-electron chi connectivity index (χ4n) is 4.25. The molecular formula is C26H27N5O. The average molecular weight is 426 g/mol.